The zero-order valence-corrected chi connectivity index (χ0v) is 20.4. The van der Waals surface area contributed by atoms with Crippen LogP contribution in [0.4, 0.5) is 4.79 Å². The molecule has 8 heteroatoms. The zero-order chi connectivity index (χ0) is 23.8. The summed E-state index contributed by atoms with van der Waals surface area (Å²) in [4.78, 5) is 31.3. The summed E-state index contributed by atoms with van der Waals surface area (Å²) >= 11 is 1.41. The number of nitrogens with zero attached hydrogens (tertiary/aromatic N) is 2. The van der Waals surface area contributed by atoms with Gasteiger partial charge < -0.3 is 19.7 Å². The van der Waals surface area contributed by atoms with Gasteiger partial charge >= 0.3 is 6.09 Å². The number of hydrogen-bond donors (Lipinski definition) is 2. The fourth-order valence-corrected chi connectivity index (χ4v) is 5.51. The number of carboxylic acid groups (broad SMARTS) is 1. The molecule has 0 atom stereocenters. The Hall–Kier alpha value is -2.84. The largest absolute Gasteiger partial charge is 0.496 e. The summed E-state index contributed by atoms with van der Waals surface area (Å²) in [5.41, 5.74) is 1.56. The van der Waals surface area contributed by atoms with E-state index in [1.807, 2.05) is 35.7 Å². The van der Waals surface area contributed by atoms with Gasteiger partial charge in [0, 0.05) is 53.1 Å². The van der Waals surface area contributed by atoms with Crippen molar-refractivity contribution in [3.8, 4) is 5.75 Å². The van der Waals surface area contributed by atoms with E-state index >= 15 is 0 Å². The topological polar surface area (TPSA) is 85.9 Å². The molecular formula is C25H31N3O4S. The molecule has 1 amide bonds. The van der Waals surface area contributed by atoms with Crippen LogP contribution < -0.4 is 10.3 Å². The molecule has 1 aliphatic heterocycles. The fourth-order valence-electron chi connectivity index (χ4n) is 4.72. The molecule has 7 nitrogen and oxygen atoms in total. The molecule has 3 aromatic rings. The average molecular weight is 470 g/mol. The number of piperidine rings is 1. The Balaban J connectivity index is 1.62. The number of benzene rings is 1. The average Bonchev–Trinajstić information content (AvgIpc) is 3.26. The maximum Gasteiger partial charge on any atom is 0.407 e. The van der Waals surface area contributed by atoms with Crippen LogP contribution in [0.25, 0.3) is 27.1 Å². The van der Waals surface area contributed by atoms with Crippen molar-refractivity contribution >= 4 is 44.5 Å². The number of fused-ring (bicyclic) bond motifs is 3. The highest BCUT2D eigenvalue weighted by Gasteiger charge is 2.31. The molecule has 0 aliphatic carbocycles. The second kappa shape index (κ2) is 9.19. The number of amides is 1. The molecule has 0 saturated carbocycles. The van der Waals surface area contributed by atoms with Crippen LogP contribution in [0.1, 0.15) is 39.2 Å². The lowest BCUT2D eigenvalue weighted by molar-refractivity contribution is 0.0592. The fraction of sp³-hybridized carbons (Fsp3) is 0.440. The minimum atomic E-state index is -0.900. The third-order valence-electron chi connectivity index (χ3n) is 6.50. The van der Waals surface area contributed by atoms with Gasteiger partial charge in [0.25, 0.3) is 5.56 Å². The van der Waals surface area contributed by atoms with Crippen LogP contribution in [0.5, 0.6) is 5.75 Å². The second-order valence-corrected chi connectivity index (χ2v) is 10.4. The van der Waals surface area contributed by atoms with Crippen molar-refractivity contribution in [3.05, 3.63) is 45.6 Å². The first-order valence-corrected chi connectivity index (χ1v) is 12.1. The van der Waals surface area contributed by atoms with E-state index in [2.05, 4.69) is 30.7 Å². The van der Waals surface area contributed by atoms with Crippen molar-refractivity contribution in [1.29, 1.82) is 0 Å². The Morgan fingerprint density at radius 2 is 2.03 bits per heavy atom. The highest BCUT2D eigenvalue weighted by Crippen LogP contribution is 2.34. The van der Waals surface area contributed by atoms with Crippen LogP contribution in [0.2, 0.25) is 0 Å². The maximum atomic E-state index is 12.4. The van der Waals surface area contributed by atoms with Crippen molar-refractivity contribution in [1.82, 2.24) is 14.8 Å². The highest BCUT2D eigenvalue weighted by atomic mass is 32.1. The molecule has 176 valence electrons. The van der Waals surface area contributed by atoms with E-state index in [9.17, 15) is 14.7 Å². The van der Waals surface area contributed by atoms with Gasteiger partial charge in [-0.3, -0.25) is 9.69 Å². The Kier molecular flexibility index (Phi) is 6.50. The molecule has 0 radical (unpaired) electrons. The number of methoxy groups -OCH3 is 1. The van der Waals surface area contributed by atoms with Gasteiger partial charge in [-0.1, -0.05) is 12.2 Å². The highest BCUT2D eigenvalue weighted by molar-refractivity contribution is 7.17. The van der Waals surface area contributed by atoms with Gasteiger partial charge in [0.05, 0.1) is 7.11 Å². The predicted molar refractivity (Wildman–Crippen MR) is 135 cm³/mol. The van der Waals surface area contributed by atoms with E-state index in [1.54, 1.807) is 7.11 Å². The van der Waals surface area contributed by atoms with Crippen LogP contribution >= 0.6 is 11.3 Å². The van der Waals surface area contributed by atoms with E-state index in [0.717, 1.165) is 47.8 Å². The lowest BCUT2D eigenvalue weighted by atomic mass is 9.97. The maximum absolute atomic E-state index is 12.4. The molecule has 2 N–H and O–H groups in total. The quantitative estimate of drug-likeness (QED) is 0.549. The van der Waals surface area contributed by atoms with Gasteiger partial charge in [-0.05, 0) is 57.2 Å². The summed E-state index contributed by atoms with van der Waals surface area (Å²) in [5.74, 6) is 0.679. The lowest BCUT2D eigenvalue weighted by Gasteiger charge is -2.43. The van der Waals surface area contributed by atoms with Crippen LogP contribution in [0.3, 0.4) is 0 Å². The summed E-state index contributed by atoms with van der Waals surface area (Å²) in [7, 11) is 1.61. The van der Waals surface area contributed by atoms with E-state index in [0.29, 0.717) is 17.0 Å². The van der Waals surface area contributed by atoms with E-state index in [1.165, 1.54) is 16.2 Å². The number of H-pyrrole nitrogens is 1. The third kappa shape index (κ3) is 4.63. The number of aromatic amines is 1. The van der Waals surface area contributed by atoms with Crippen LogP contribution in [-0.2, 0) is 0 Å². The lowest BCUT2D eigenvalue weighted by Crippen LogP contribution is -2.52. The molecule has 4 rings (SSSR count). The molecule has 1 saturated heterocycles. The van der Waals surface area contributed by atoms with Gasteiger partial charge in [0.15, 0.2) is 0 Å². The van der Waals surface area contributed by atoms with Crippen molar-refractivity contribution in [2.75, 3.05) is 26.7 Å². The predicted octanol–water partition coefficient (Wildman–Crippen LogP) is 5.01. The molecule has 0 unspecified atom stereocenters. The van der Waals surface area contributed by atoms with Gasteiger partial charge in [0.1, 0.15) is 10.4 Å². The van der Waals surface area contributed by atoms with E-state index in [-0.39, 0.29) is 17.1 Å². The smallest absolute Gasteiger partial charge is 0.407 e. The normalized spacial score (nSPS) is 16.1. The minimum Gasteiger partial charge on any atom is -0.496 e. The number of aromatic nitrogens is 1. The summed E-state index contributed by atoms with van der Waals surface area (Å²) in [6.07, 6.45) is 4.54. The van der Waals surface area contributed by atoms with E-state index < -0.39 is 6.09 Å². The SMILES string of the molecule is COc1ccc2[nH]c(=O)c3sccc3c2c1C=CCN(C(=O)O)C1CCN(C(C)(C)C)CC1. The van der Waals surface area contributed by atoms with Crippen LogP contribution in [-0.4, -0.2) is 64.3 Å². The molecule has 0 bridgehead atoms. The molecule has 2 aromatic heterocycles. The number of thiophene rings is 1. The molecule has 0 spiro atoms. The second-order valence-electron chi connectivity index (χ2n) is 9.45. The molecule has 1 aromatic carbocycles. The van der Waals surface area contributed by atoms with Gasteiger partial charge in [-0.25, -0.2) is 4.79 Å². The standard InChI is InChI=1S/C25H31N3O4S/c1-25(2,3)27-13-9-16(10-14-27)28(24(30)31)12-5-6-17-20(32-4)8-7-19-21(17)18-11-15-33-22(18)23(29)26-19/h5-8,11,15-16H,9-10,12-14H2,1-4H3,(H,26,29)(H,30,31). The Bertz CT molecular complexity index is 1250. The first kappa shape index (κ1) is 23.3. The molecular weight excluding hydrogens is 438 g/mol. The minimum absolute atomic E-state index is 0.0000912. The van der Waals surface area contributed by atoms with Gasteiger partial charge in [-0.15, -0.1) is 11.3 Å². The summed E-state index contributed by atoms with van der Waals surface area (Å²) in [6.45, 7) is 8.66. The Labute approximate surface area is 197 Å². The van der Waals surface area contributed by atoms with E-state index in [4.69, 9.17) is 4.74 Å². The monoisotopic (exact) mass is 469 g/mol. The molecule has 3 heterocycles. The first-order valence-electron chi connectivity index (χ1n) is 11.2. The number of carbonyl (C=O) groups is 1. The van der Waals surface area contributed by atoms with Gasteiger partial charge in [-0.2, -0.15) is 0 Å². The Morgan fingerprint density at radius 1 is 1.30 bits per heavy atom. The summed E-state index contributed by atoms with van der Waals surface area (Å²) < 4.78 is 6.27. The van der Waals surface area contributed by atoms with Crippen LogP contribution in [0, 0.1) is 0 Å². The first-order chi connectivity index (χ1) is 15.7. The third-order valence-corrected chi connectivity index (χ3v) is 7.41. The van der Waals surface area contributed by atoms with Crippen LogP contribution in [0.15, 0.2) is 34.4 Å². The number of ether oxygens (including phenoxy) is 1. The molecule has 33 heavy (non-hydrogen) atoms. The van der Waals surface area contributed by atoms with Gasteiger partial charge in [0.2, 0.25) is 0 Å². The number of pyridine rings is 1. The molecule has 1 fully saturated rings. The Morgan fingerprint density at radius 3 is 2.67 bits per heavy atom. The zero-order valence-electron chi connectivity index (χ0n) is 19.6. The number of nitrogens with one attached hydrogen (secondary N) is 1. The molecule has 1 aliphatic rings. The van der Waals surface area contributed by atoms with Crippen molar-refractivity contribution in [2.24, 2.45) is 0 Å². The summed E-state index contributed by atoms with van der Waals surface area (Å²) in [5, 5.41) is 13.6. The number of rotatable bonds is 5. The number of hydrogen-bond acceptors (Lipinski definition) is 5. The number of likely N-dealkylation sites (tertiary alicyclic amines) is 1. The van der Waals surface area contributed by atoms with Crippen molar-refractivity contribution in [3.63, 3.8) is 0 Å². The summed E-state index contributed by atoms with van der Waals surface area (Å²) in [6, 6.07) is 5.62. The van der Waals surface area contributed by atoms with Crippen molar-refractivity contribution < 1.29 is 14.6 Å². The van der Waals surface area contributed by atoms with Crippen molar-refractivity contribution in [2.45, 2.75) is 45.2 Å².